The highest BCUT2D eigenvalue weighted by Crippen LogP contribution is 2.23. The number of H-pyrrole nitrogens is 1. The lowest BCUT2D eigenvalue weighted by Crippen LogP contribution is -1.93. The van der Waals surface area contributed by atoms with Gasteiger partial charge in [0.1, 0.15) is 5.82 Å². The van der Waals surface area contributed by atoms with Gasteiger partial charge in [-0.15, -0.1) is 11.3 Å². The second-order valence-corrected chi connectivity index (χ2v) is 6.13. The third-order valence-corrected chi connectivity index (χ3v) is 4.02. The highest BCUT2D eigenvalue weighted by Gasteiger charge is 2.07. The molecule has 1 aromatic heterocycles. The van der Waals surface area contributed by atoms with E-state index in [0.29, 0.717) is 3.95 Å². The molecule has 0 atom stereocenters. The van der Waals surface area contributed by atoms with Crippen LogP contribution in [0.25, 0.3) is 10.2 Å². The number of non-ortho nitro benzene ring substituents is 2. The number of nitrogens with two attached hydrogens (primary N) is 1. The maximum atomic E-state index is 12.4. The number of hydrogen-bond donors (Lipinski definition) is 2. The number of nitrogens with one attached hydrogen (secondary N) is 1. The number of halogens is 1. The molecule has 0 radical (unpaired) electrons. The summed E-state index contributed by atoms with van der Waals surface area (Å²) >= 11 is 10.2. The Balaban J connectivity index is 0.000000449. The fourth-order valence-electron chi connectivity index (χ4n) is 1.70. The molecule has 0 fully saturated rings. The topological polar surface area (TPSA) is 128 Å². The van der Waals surface area contributed by atoms with E-state index in [1.807, 2.05) is 0 Å². The van der Waals surface area contributed by atoms with Gasteiger partial charge in [-0.3, -0.25) is 20.2 Å². The average Bonchev–Trinajstić information content (AvgIpc) is 2.98. The van der Waals surface area contributed by atoms with Gasteiger partial charge >= 0.3 is 0 Å². The van der Waals surface area contributed by atoms with E-state index in [2.05, 4.69) is 23.1 Å². The summed E-state index contributed by atoms with van der Waals surface area (Å²) in [4.78, 5) is 22.3. The Bertz CT molecular complexity index is 1010. The molecule has 0 unspecified atom stereocenters. The SMILES string of the molecule is C.C=S.Nc1cc([N+](=O)[O-])ccc1F.O=[N+]([O-])c1ccc2sc(=S)[nH]c2c1. The number of thiocarbonyl (C=S) groups is 1. The number of aromatic amines is 1. The Hall–Kier alpha value is -2.83. The number of nitrogen functional groups attached to an aromatic ring is 1. The molecule has 0 amide bonds. The predicted octanol–water partition coefficient (Wildman–Crippen LogP) is 5.44. The van der Waals surface area contributed by atoms with E-state index in [0.717, 1.165) is 28.4 Å². The van der Waals surface area contributed by atoms with Crippen LogP contribution in [-0.4, -0.2) is 20.7 Å². The summed E-state index contributed by atoms with van der Waals surface area (Å²) in [5, 5.41) is 20.5. The van der Waals surface area contributed by atoms with E-state index < -0.39 is 15.7 Å². The van der Waals surface area contributed by atoms with Gasteiger partial charge in [-0.2, -0.15) is 0 Å². The van der Waals surface area contributed by atoms with Gasteiger partial charge in [0.25, 0.3) is 11.4 Å². The molecule has 3 rings (SSSR count). The molecule has 0 saturated carbocycles. The largest absolute Gasteiger partial charge is 0.396 e. The standard InChI is InChI=1S/C7H4N2O2S2.C6H5FN2O2.CH2S.CH4/c10-9(11)4-1-2-6-5(3-4)8-7(12)13-6;7-5-2-1-4(9(10)11)3-6(5)8;1-2;/h1-3H,(H,8,12);1-3H,8H2;1H2;1H4. The molecule has 0 saturated heterocycles. The number of nitrogens with zero attached hydrogens (tertiary/aromatic N) is 2. The first-order valence-corrected chi connectivity index (χ1v) is 8.33. The van der Waals surface area contributed by atoms with Crippen molar-refractivity contribution in [3.8, 4) is 0 Å². The summed E-state index contributed by atoms with van der Waals surface area (Å²) in [6.07, 6.45) is 0. The monoisotopic (exact) mass is 430 g/mol. The van der Waals surface area contributed by atoms with Crippen molar-refractivity contribution in [2.45, 2.75) is 7.43 Å². The van der Waals surface area contributed by atoms with Crippen LogP contribution in [0.5, 0.6) is 0 Å². The van der Waals surface area contributed by atoms with Crippen LogP contribution < -0.4 is 5.73 Å². The van der Waals surface area contributed by atoms with Crippen LogP contribution in [0.1, 0.15) is 7.43 Å². The summed E-state index contributed by atoms with van der Waals surface area (Å²) in [7, 11) is 0. The Labute approximate surface area is 167 Å². The number of rotatable bonds is 2. The Morgan fingerprint density at radius 3 is 2.11 bits per heavy atom. The molecule has 8 nitrogen and oxygen atoms in total. The molecule has 0 aliphatic carbocycles. The Kier molecular flexibility index (Phi) is 9.85. The lowest BCUT2D eigenvalue weighted by atomic mass is 10.3. The molecule has 0 aliphatic rings. The molecular formula is C15H15FN4O4S3. The lowest BCUT2D eigenvalue weighted by molar-refractivity contribution is -0.385. The Morgan fingerprint density at radius 1 is 1.07 bits per heavy atom. The van der Waals surface area contributed by atoms with Crippen molar-refractivity contribution in [3.05, 3.63) is 66.4 Å². The van der Waals surface area contributed by atoms with E-state index >= 15 is 0 Å². The maximum absolute atomic E-state index is 12.4. The van der Waals surface area contributed by atoms with E-state index in [-0.39, 0.29) is 24.5 Å². The summed E-state index contributed by atoms with van der Waals surface area (Å²) in [5.74, 6) is 2.19. The molecule has 2 aromatic carbocycles. The zero-order valence-electron chi connectivity index (χ0n) is 12.9. The molecule has 3 aromatic rings. The molecule has 0 aliphatic heterocycles. The van der Waals surface area contributed by atoms with Crippen LogP contribution in [0.3, 0.4) is 0 Å². The van der Waals surface area contributed by atoms with Crippen LogP contribution in [0.15, 0.2) is 36.4 Å². The van der Waals surface area contributed by atoms with Crippen LogP contribution in [0.2, 0.25) is 0 Å². The number of aromatic nitrogens is 1. The number of nitro groups is 2. The van der Waals surface area contributed by atoms with Gasteiger partial charge in [-0.25, -0.2) is 4.39 Å². The smallest absolute Gasteiger partial charge is 0.271 e. The fourth-order valence-corrected chi connectivity index (χ4v) is 2.79. The minimum absolute atomic E-state index is 0. The van der Waals surface area contributed by atoms with Crippen LogP contribution in [-0.2, 0) is 0 Å². The van der Waals surface area contributed by atoms with Gasteiger partial charge < -0.3 is 10.7 Å². The third-order valence-electron chi connectivity index (χ3n) is 2.80. The first kappa shape index (κ1) is 24.2. The summed E-state index contributed by atoms with van der Waals surface area (Å²) in [6.45, 7) is 0. The zero-order valence-corrected chi connectivity index (χ0v) is 15.3. The van der Waals surface area contributed by atoms with Crippen LogP contribution >= 0.6 is 35.8 Å². The number of benzene rings is 2. The van der Waals surface area contributed by atoms with Gasteiger partial charge in [0, 0.05) is 24.3 Å². The van der Waals surface area contributed by atoms with Crippen molar-refractivity contribution in [2.24, 2.45) is 0 Å². The normalized spacial score (nSPS) is 9.07. The lowest BCUT2D eigenvalue weighted by Gasteiger charge is -1.94. The van der Waals surface area contributed by atoms with Gasteiger partial charge in [-0.1, -0.05) is 19.6 Å². The summed E-state index contributed by atoms with van der Waals surface area (Å²) in [5.41, 5.74) is 5.47. The molecule has 0 bridgehead atoms. The molecule has 27 heavy (non-hydrogen) atoms. The van der Waals surface area contributed by atoms with E-state index in [4.69, 9.17) is 18.0 Å². The maximum Gasteiger partial charge on any atom is 0.271 e. The molecule has 12 heteroatoms. The van der Waals surface area contributed by atoms with E-state index in [9.17, 15) is 24.6 Å². The summed E-state index contributed by atoms with van der Waals surface area (Å²) < 4.78 is 14.0. The Morgan fingerprint density at radius 2 is 1.59 bits per heavy atom. The number of anilines is 1. The second kappa shape index (κ2) is 11.0. The average molecular weight is 431 g/mol. The first-order valence-electron chi connectivity index (χ1n) is 6.53. The van der Waals surface area contributed by atoms with Crippen LogP contribution in [0.4, 0.5) is 21.5 Å². The highest BCUT2D eigenvalue weighted by molar-refractivity contribution is 7.77. The van der Waals surface area contributed by atoms with E-state index in [1.165, 1.54) is 23.5 Å². The van der Waals surface area contributed by atoms with Crippen molar-refractivity contribution in [2.75, 3.05) is 5.73 Å². The van der Waals surface area contributed by atoms with Gasteiger partial charge in [0.05, 0.1) is 25.8 Å². The quantitative estimate of drug-likeness (QED) is 0.240. The second-order valence-electron chi connectivity index (χ2n) is 4.42. The third kappa shape index (κ3) is 6.77. The number of nitro benzene ring substituents is 2. The zero-order chi connectivity index (χ0) is 19.9. The summed E-state index contributed by atoms with van der Waals surface area (Å²) in [6, 6.07) is 7.67. The molecule has 3 N–H and O–H groups in total. The van der Waals surface area contributed by atoms with Gasteiger partial charge in [0.15, 0.2) is 3.95 Å². The predicted molar refractivity (Wildman–Crippen MR) is 113 cm³/mol. The molecule has 144 valence electrons. The fraction of sp³-hybridized carbons (Fsp3) is 0.0667. The number of hydrogen-bond acceptors (Lipinski definition) is 8. The molecular weight excluding hydrogens is 415 g/mol. The van der Waals surface area contributed by atoms with Crippen molar-refractivity contribution < 1.29 is 14.2 Å². The van der Waals surface area contributed by atoms with Crippen molar-refractivity contribution in [1.82, 2.24) is 4.98 Å². The van der Waals surface area contributed by atoms with Crippen molar-refractivity contribution in [1.29, 1.82) is 0 Å². The highest BCUT2D eigenvalue weighted by atomic mass is 32.1. The van der Waals surface area contributed by atoms with E-state index in [1.54, 1.807) is 6.07 Å². The minimum Gasteiger partial charge on any atom is -0.396 e. The number of thiazole rings is 1. The van der Waals surface area contributed by atoms with Crippen LogP contribution in [0, 0.1) is 30.0 Å². The first-order chi connectivity index (χ1) is 12.3. The molecule has 0 spiro atoms. The van der Waals surface area contributed by atoms with Gasteiger partial charge in [-0.05, 0) is 30.2 Å². The van der Waals surface area contributed by atoms with Crippen molar-refractivity contribution >= 4 is 68.9 Å². The van der Waals surface area contributed by atoms with Gasteiger partial charge in [0.2, 0.25) is 0 Å². The minimum atomic E-state index is -0.643. The number of fused-ring (bicyclic) bond motifs is 1. The molecule has 1 heterocycles. The van der Waals surface area contributed by atoms with Crippen molar-refractivity contribution in [3.63, 3.8) is 0 Å².